The Balaban J connectivity index is 1.62. The maximum absolute atomic E-state index is 13.0. The lowest BCUT2D eigenvalue weighted by Gasteiger charge is -2.37. The zero-order chi connectivity index (χ0) is 25.4. The van der Waals surface area contributed by atoms with Crippen LogP contribution in [0.1, 0.15) is 37.8 Å². The molecule has 1 N–H and O–H groups in total. The van der Waals surface area contributed by atoms with E-state index in [4.69, 9.17) is 0 Å². The highest BCUT2D eigenvalue weighted by Crippen LogP contribution is 2.46. The predicted octanol–water partition coefficient (Wildman–Crippen LogP) is 5.57. The molecular formula is C28H24N4O3S. The van der Waals surface area contributed by atoms with Crippen molar-refractivity contribution in [2.45, 2.75) is 33.2 Å². The number of hydrogen-bond donors (Lipinski definition) is 1. The summed E-state index contributed by atoms with van der Waals surface area (Å²) in [6, 6.07) is 9.62. The van der Waals surface area contributed by atoms with Crippen molar-refractivity contribution in [3.8, 4) is 11.1 Å². The van der Waals surface area contributed by atoms with E-state index in [9.17, 15) is 14.7 Å². The van der Waals surface area contributed by atoms with Crippen LogP contribution in [0.3, 0.4) is 0 Å². The molecular weight excluding hydrogens is 472 g/mol. The summed E-state index contributed by atoms with van der Waals surface area (Å²) >= 11 is 1.45. The number of carboxylic acid groups (broad SMARTS) is 1. The Labute approximate surface area is 212 Å². The zero-order valence-corrected chi connectivity index (χ0v) is 20.9. The summed E-state index contributed by atoms with van der Waals surface area (Å²) in [6.45, 7) is 5.58. The highest BCUT2D eigenvalue weighted by Gasteiger charge is 2.39. The summed E-state index contributed by atoms with van der Waals surface area (Å²) in [6.07, 6.45) is 8.73. The van der Waals surface area contributed by atoms with Gasteiger partial charge in [-0.15, -0.1) is 11.3 Å². The number of aliphatic carboxylic acids is 1. The molecule has 0 spiro atoms. The fourth-order valence-corrected chi connectivity index (χ4v) is 5.89. The lowest BCUT2D eigenvalue weighted by Crippen LogP contribution is -2.33. The Kier molecular flexibility index (Phi) is 6.20. The van der Waals surface area contributed by atoms with Gasteiger partial charge in [0.1, 0.15) is 4.83 Å². The average Bonchev–Trinajstić information content (AvgIpc) is 3.30. The van der Waals surface area contributed by atoms with Gasteiger partial charge in [0.2, 0.25) is 0 Å². The summed E-state index contributed by atoms with van der Waals surface area (Å²) in [7, 11) is 0. The molecule has 0 bridgehead atoms. The van der Waals surface area contributed by atoms with Gasteiger partial charge >= 0.3 is 5.97 Å². The molecule has 1 unspecified atom stereocenters. The van der Waals surface area contributed by atoms with Crippen LogP contribution in [0.2, 0.25) is 0 Å². The number of carbonyl (C=O) groups excluding carboxylic acids is 1. The first kappa shape index (κ1) is 23.6. The predicted molar refractivity (Wildman–Crippen MR) is 139 cm³/mol. The molecule has 1 aliphatic rings. The second-order valence-electron chi connectivity index (χ2n) is 8.74. The van der Waals surface area contributed by atoms with Crippen LogP contribution in [0.5, 0.6) is 0 Å². The van der Waals surface area contributed by atoms with E-state index in [1.165, 1.54) is 18.3 Å². The van der Waals surface area contributed by atoms with Crippen LogP contribution in [-0.2, 0) is 16.1 Å². The fourth-order valence-electron chi connectivity index (χ4n) is 4.96. The number of nitrogens with zero attached hydrogens (tertiary/aromatic N) is 4. The topological polar surface area (TPSA) is 96.3 Å². The molecule has 4 aromatic heterocycles. The van der Waals surface area contributed by atoms with Gasteiger partial charge in [0.15, 0.2) is 5.78 Å². The van der Waals surface area contributed by atoms with Crippen molar-refractivity contribution >= 4 is 33.3 Å². The van der Waals surface area contributed by atoms with Gasteiger partial charge in [-0.25, -0.2) is 9.78 Å². The van der Waals surface area contributed by atoms with E-state index in [0.717, 1.165) is 38.2 Å². The number of thiophene rings is 1. The third kappa shape index (κ3) is 4.09. The summed E-state index contributed by atoms with van der Waals surface area (Å²) in [5.41, 5.74) is 5.67. The van der Waals surface area contributed by atoms with E-state index < -0.39 is 11.9 Å². The smallest absolute Gasteiger partial charge is 0.334 e. The quantitative estimate of drug-likeness (QED) is 0.372. The van der Waals surface area contributed by atoms with Gasteiger partial charge < -0.3 is 10.0 Å². The molecule has 0 fully saturated rings. The number of Topliss-reactive ketones (excluding diaryl/α,β-unsaturated/α-hetero) is 1. The largest absolute Gasteiger partial charge is 0.478 e. The van der Waals surface area contributed by atoms with Gasteiger partial charge in [0.05, 0.1) is 5.57 Å². The van der Waals surface area contributed by atoms with Gasteiger partial charge in [0, 0.05) is 71.4 Å². The summed E-state index contributed by atoms with van der Waals surface area (Å²) in [5.74, 6) is -1.86. The molecule has 0 saturated carbocycles. The standard InChI is InChI=1S/C28H24N4O3S/c1-16-24(18(3)33)26(23-15-36-27-22(23)5-4-8-31-27)25(28(34)35)17(2)32(16)14-19-11-21(13-30-12-19)20-6-9-29-10-7-20/h4-13,15,26H,14H2,1-3H3,(H,34,35). The monoisotopic (exact) mass is 496 g/mol. The lowest BCUT2D eigenvalue weighted by atomic mass is 9.78. The van der Waals surface area contributed by atoms with Crippen molar-refractivity contribution in [2.75, 3.05) is 0 Å². The molecule has 1 aliphatic heterocycles. The third-order valence-corrected chi connectivity index (χ3v) is 7.54. The molecule has 36 heavy (non-hydrogen) atoms. The molecule has 0 amide bonds. The highest BCUT2D eigenvalue weighted by atomic mass is 32.1. The Morgan fingerprint density at radius 2 is 1.75 bits per heavy atom. The van der Waals surface area contributed by atoms with Gasteiger partial charge in [-0.3, -0.25) is 14.8 Å². The first-order chi connectivity index (χ1) is 17.4. The fraction of sp³-hybridized carbons (Fsp3) is 0.179. The lowest BCUT2D eigenvalue weighted by molar-refractivity contribution is -0.133. The zero-order valence-electron chi connectivity index (χ0n) is 20.1. The van der Waals surface area contributed by atoms with Crippen LogP contribution in [0.4, 0.5) is 0 Å². The van der Waals surface area contributed by atoms with Crippen molar-refractivity contribution in [3.63, 3.8) is 0 Å². The maximum atomic E-state index is 13.0. The van der Waals surface area contributed by atoms with Crippen LogP contribution in [0, 0.1) is 0 Å². The van der Waals surface area contributed by atoms with Crippen molar-refractivity contribution in [2.24, 2.45) is 0 Å². The first-order valence-corrected chi connectivity index (χ1v) is 12.3. The van der Waals surface area contributed by atoms with Gasteiger partial charge in [-0.05, 0) is 67.1 Å². The van der Waals surface area contributed by atoms with Gasteiger partial charge in [0.25, 0.3) is 0 Å². The molecule has 7 nitrogen and oxygen atoms in total. The number of ketones is 1. The van der Waals surface area contributed by atoms with Gasteiger partial charge in [-0.1, -0.05) is 6.07 Å². The molecule has 0 radical (unpaired) electrons. The second-order valence-corrected chi connectivity index (χ2v) is 9.60. The number of allylic oxidation sites excluding steroid dienone is 3. The van der Waals surface area contributed by atoms with E-state index >= 15 is 0 Å². The van der Waals surface area contributed by atoms with Crippen LogP contribution < -0.4 is 0 Å². The molecule has 5 rings (SSSR count). The average molecular weight is 497 g/mol. The SMILES string of the molecule is CC(=O)C1=C(C)N(Cc2cncc(-c3ccncc3)c2)C(C)=C(C(=O)O)C1c1csc2ncccc12. The summed E-state index contributed by atoms with van der Waals surface area (Å²) in [5, 5.41) is 13.2. The summed E-state index contributed by atoms with van der Waals surface area (Å²) in [4.78, 5) is 41.3. The van der Waals surface area contributed by atoms with E-state index in [1.807, 2.05) is 54.5 Å². The Morgan fingerprint density at radius 1 is 1.00 bits per heavy atom. The van der Waals surface area contributed by atoms with E-state index in [-0.39, 0.29) is 11.4 Å². The van der Waals surface area contributed by atoms with Crippen molar-refractivity contribution in [3.05, 3.63) is 100 Å². The molecule has 5 heterocycles. The van der Waals surface area contributed by atoms with E-state index in [1.54, 1.807) is 31.0 Å². The minimum absolute atomic E-state index is 0.152. The number of hydrogen-bond acceptors (Lipinski definition) is 7. The number of carbonyl (C=O) groups is 2. The molecule has 8 heteroatoms. The van der Waals surface area contributed by atoms with Crippen molar-refractivity contribution in [1.29, 1.82) is 0 Å². The number of rotatable bonds is 6. The molecule has 4 aromatic rings. The summed E-state index contributed by atoms with van der Waals surface area (Å²) < 4.78 is 0. The molecule has 1 atom stereocenters. The third-order valence-electron chi connectivity index (χ3n) is 6.62. The maximum Gasteiger partial charge on any atom is 0.334 e. The second kappa shape index (κ2) is 9.47. The van der Waals surface area contributed by atoms with Crippen LogP contribution in [-0.4, -0.2) is 36.7 Å². The first-order valence-electron chi connectivity index (χ1n) is 11.5. The molecule has 0 aliphatic carbocycles. The molecule has 0 aromatic carbocycles. The number of carboxylic acids is 1. The van der Waals surface area contributed by atoms with Crippen LogP contribution in [0.15, 0.2) is 89.2 Å². The number of aromatic nitrogens is 3. The number of pyridine rings is 3. The minimum atomic E-state index is -1.04. The van der Waals surface area contributed by atoms with E-state index in [2.05, 4.69) is 15.0 Å². The van der Waals surface area contributed by atoms with Crippen molar-refractivity contribution < 1.29 is 14.7 Å². The van der Waals surface area contributed by atoms with Crippen molar-refractivity contribution in [1.82, 2.24) is 19.9 Å². The van der Waals surface area contributed by atoms with Crippen LogP contribution >= 0.6 is 11.3 Å². The normalized spacial score (nSPS) is 16.1. The molecule has 0 saturated heterocycles. The highest BCUT2D eigenvalue weighted by molar-refractivity contribution is 7.16. The Bertz CT molecular complexity index is 1520. The van der Waals surface area contributed by atoms with E-state index in [0.29, 0.717) is 17.8 Å². The van der Waals surface area contributed by atoms with Gasteiger partial charge in [-0.2, -0.15) is 0 Å². The number of fused-ring (bicyclic) bond motifs is 1. The Hall–Kier alpha value is -4.17. The Morgan fingerprint density at radius 3 is 2.47 bits per heavy atom. The minimum Gasteiger partial charge on any atom is -0.478 e. The van der Waals surface area contributed by atoms with Crippen LogP contribution in [0.25, 0.3) is 21.3 Å². The molecule has 180 valence electrons.